The van der Waals surface area contributed by atoms with E-state index >= 15 is 0 Å². The number of rotatable bonds is 8. The minimum absolute atomic E-state index is 0.0769. The number of aromatic hydroxyl groups is 1. The SMILES string of the molecule is CN(CCOc1ccc(Cc2sc(=O)[nH]c2O)cc1)c1cc(C(=O)OP)ccn1. The molecule has 152 valence electrons. The number of H-pyrrole nitrogens is 1. The highest BCUT2D eigenvalue weighted by molar-refractivity contribution is 7.10. The summed E-state index contributed by atoms with van der Waals surface area (Å²) in [5.74, 6) is 0.833. The molecule has 1 aromatic carbocycles. The molecule has 29 heavy (non-hydrogen) atoms. The number of anilines is 1. The van der Waals surface area contributed by atoms with E-state index in [0.717, 1.165) is 16.9 Å². The van der Waals surface area contributed by atoms with Gasteiger partial charge in [0, 0.05) is 19.7 Å². The number of aromatic nitrogens is 2. The van der Waals surface area contributed by atoms with E-state index in [4.69, 9.17) is 4.74 Å². The van der Waals surface area contributed by atoms with Crippen molar-refractivity contribution >= 4 is 32.6 Å². The van der Waals surface area contributed by atoms with Gasteiger partial charge in [-0.1, -0.05) is 23.5 Å². The summed E-state index contributed by atoms with van der Waals surface area (Å²) in [5.41, 5.74) is 1.38. The van der Waals surface area contributed by atoms with Gasteiger partial charge >= 0.3 is 10.8 Å². The minimum Gasteiger partial charge on any atom is -0.494 e. The van der Waals surface area contributed by atoms with Crippen molar-refractivity contribution in [3.63, 3.8) is 0 Å². The predicted molar refractivity (Wildman–Crippen MR) is 114 cm³/mol. The van der Waals surface area contributed by atoms with Gasteiger partial charge in [-0.25, -0.2) is 9.78 Å². The van der Waals surface area contributed by atoms with Crippen LogP contribution in [0.3, 0.4) is 0 Å². The molecule has 0 aliphatic rings. The fourth-order valence-electron chi connectivity index (χ4n) is 2.60. The lowest BCUT2D eigenvalue weighted by atomic mass is 10.1. The van der Waals surface area contributed by atoms with Gasteiger partial charge in [0.25, 0.3) is 0 Å². The molecule has 0 spiro atoms. The zero-order valence-corrected chi connectivity index (χ0v) is 17.6. The number of hydrogen-bond acceptors (Lipinski definition) is 8. The molecule has 0 saturated heterocycles. The highest BCUT2D eigenvalue weighted by Gasteiger charge is 2.10. The first-order chi connectivity index (χ1) is 14.0. The third kappa shape index (κ3) is 5.56. The van der Waals surface area contributed by atoms with Crippen molar-refractivity contribution in [2.75, 3.05) is 25.1 Å². The van der Waals surface area contributed by atoms with Gasteiger partial charge in [0.1, 0.15) is 18.2 Å². The molecular weight excluding hydrogens is 413 g/mol. The second-order valence-corrected chi connectivity index (χ2v) is 7.49. The number of likely N-dealkylation sites (N-methyl/N-ethyl adjacent to an activating group) is 1. The Labute approximate surface area is 173 Å². The number of carbonyl (C=O) groups excluding carboxylic acids is 1. The molecule has 3 aromatic rings. The Hall–Kier alpha value is -2.90. The van der Waals surface area contributed by atoms with Crippen molar-refractivity contribution in [2.45, 2.75) is 6.42 Å². The molecule has 2 N–H and O–H groups in total. The van der Waals surface area contributed by atoms with Crippen molar-refractivity contribution in [2.24, 2.45) is 0 Å². The molecule has 1 atom stereocenters. The fourth-order valence-corrected chi connectivity index (χ4v) is 3.49. The summed E-state index contributed by atoms with van der Waals surface area (Å²) in [6.45, 7) is 0.995. The number of hydrogen-bond donors (Lipinski definition) is 2. The maximum absolute atomic E-state index is 11.6. The van der Waals surface area contributed by atoms with Gasteiger partial charge in [-0.05, 0) is 29.8 Å². The molecule has 0 saturated carbocycles. The number of nitrogens with zero attached hydrogens (tertiary/aromatic N) is 2. The van der Waals surface area contributed by atoms with E-state index in [9.17, 15) is 14.7 Å². The van der Waals surface area contributed by atoms with Crippen LogP contribution < -0.4 is 14.5 Å². The molecule has 10 heteroatoms. The van der Waals surface area contributed by atoms with Crippen LogP contribution in [0.5, 0.6) is 11.6 Å². The van der Waals surface area contributed by atoms with Crippen LogP contribution in [0.15, 0.2) is 47.4 Å². The van der Waals surface area contributed by atoms with E-state index in [1.165, 1.54) is 0 Å². The summed E-state index contributed by atoms with van der Waals surface area (Å²) in [6.07, 6.45) is 2.03. The highest BCUT2D eigenvalue weighted by atomic mass is 32.1. The standard InChI is InChI=1S/C19H20N3O5PS/c1-22(16-11-13(6-7-20-16)18(24)27-28)8-9-26-14-4-2-12(3-5-14)10-15-17(23)21-19(25)29-15/h2-7,11,23H,8-10,28H2,1H3,(H,21,25). The Morgan fingerprint density at radius 3 is 2.72 bits per heavy atom. The first-order valence-electron chi connectivity index (χ1n) is 8.67. The monoisotopic (exact) mass is 433 g/mol. The lowest BCUT2D eigenvalue weighted by Gasteiger charge is -2.18. The third-order valence-corrected chi connectivity index (χ3v) is 5.25. The van der Waals surface area contributed by atoms with Crippen LogP contribution in [0.4, 0.5) is 5.82 Å². The number of ether oxygens (including phenoxy) is 1. The van der Waals surface area contributed by atoms with Crippen LogP contribution in [-0.4, -0.2) is 41.2 Å². The van der Waals surface area contributed by atoms with Crippen LogP contribution >= 0.6 is 20.8 Å². The quantitative estimate of drug-likeness (QED) is 0.526. The van der Waals surface area contributed by atoms with Crippen LogP contribution in [0.1, 0.15) is 20.8 Å². The summed E-state index contributed by atoms with van der Waals surface area (Å²) < 4.78 is 10.4. The predicted octanol–water partition coefficient (Wildman–Crippen LogP) is 2.59. The number of benzene rings is 1. The van der Waals surface area contributed by atoms with E-state index in [1.807, 2.05) is 45.7 Å². The Kier molecular flexibility index (Phi) is 6.85. The van der Waals surface area contributed by atoms with E-state index in [1.54, 1.807) is 18.3 Å². The Morgan fingerprint density at radius 2 is 2.07 bits per heavy atom. The molecule has 2 aromatic heterocycles. The number of thiazole rings is 1. The lowest BCUT2D eigenvalue weighted by Crippen LogP contribution is -2.24. The Morgan fingerprint density at radius 1 is 1.31 bits per heavy atom. The van der Waals surface area contributed by atoms with E-state index < -0.39 is 5.97 Å². The maximum atomic E-state index is 11.6. The van der Waals surface area contributed by atoms with E-state index in [0.29, 0.717) is 41.6 Å². The van der Waals surface area contributed by atoms with Crippen LogP contribution in [-0.2, 0) is 10.9 Å². The van der Waals surface area contributed by atoms with Crippen molar-refractivity contribution in [3.05, 3.63) is 68.3 Å². The summed E-state index contributed by atoms with van der Waals surface area (Å²) >= 11 is 0.999. The third-order valence-electron chi connectivity index (χ3n) is 4.16. The molecular formula is C19H20N3O5PS. The van der Waals surface area contributed by atoms with Gasteiger partial charge in [-0.15, -0.1) is 0 Å². The smallest absolute Gasteiger partial charge is 0.340 e. The number of carbonyl (C=O) groups is 1. The van der Waals surface area contributed by atoms with E-state index in [2.05, 4.69) is 14.5 Å². The number of pyridine rings is 1. The largest absolute Gasteiger partial charge is 0.494 e. The molecule has 3 rings (SSSR count). The van der Waals surface area contributed by atoms with Crippen molar-refractivity contribution < 1.29 is 19.2 Å². The molecule has 1 unspecified atom stereocenters. The topological polar surface area (TPSA) is 105 Å². The van der Waals surface area contributed by atoms with Crippen molar-refractivity contribution in [1.29, 1.82) is 0 Å². The first-order valence-corrected chi connectivity index (χ1v) is 9.96. The van der Waals surface area contributed by atoms with Gasteiger partial charge < -0.3 is 19.3 Å². The molecule has 0 aliphatic carbocycles. The van der Waals surface area contributed by atoms with Gasteiger partial charge in [0.2, 0.25) is 5.88 Å². The average molecular weight is 433 g/mol. The summed E-state index contributed by atoms with van der Waals surface area (Å²) in [7, 11) is 3.80. The summed E-state index contributed by atoms with van der Waals surface area (Å²) in [5, 5.41) is 9.66. The van der Waals surface area contributed by atoms with Crippen LogP contribution in [0, 0.1) is 0 Å². The molecule has 0 fully saturated rings. The normalized spacial score (nSPS) is 10.6. The van der Waals surface area contributed by atoms with Gasteiger partial charge in [-0.2, -0.15) is 0 Å². The average Bonchev–Trinajstić information content (AvgIpc) is 3.05. The second kappa shape index (κ2) is 9.54. The number of nitrogens with one attached hydrogen (secondary N) is 1. The number of aromatic amines is 1. The molecule has 8 nitrogen and oxygen atoms in total. The summed E-state index contributed by atoms with van der Waals surface area (Å²) in [4.78, 5) is 31.7. The first kappa shape index (κ1) is 20.8. The molecule has 2 heterocycles. The maximum Gasteiger partial charge on any atom is 0.340 e. The van der Waals surface area contributed by atoms with Crippen LogP contribution in [0.2, 0.25) is 0 Å². The van der Waals surface area contributed by atoms with Gasteiger partial charge in [0.05, 0.1) is 26.5 Å². The lowest BCUT2D eigenvalue weighted by molar-refractivity contribution is 0.0765. The zero-order chi connectivity index (χ0) is 20.8. The molecule has 0 aliphatic heterocycles. The molecule has 0 bridgehead atoms. The zero-order valence-electron chi connectivity index (χ0n) is 15.6. The highest BCUT2D eigenvalue weighted by Crippen LogP contribution is 2.22. The van der Waals surface area contributed by atoms with Crippen molar-refractivity contribution in [1.82, 2.24) is 9.97 Å². The second-order valence-electron chi connectivity index (χ2n) is 6.19. The molecule has 0 radical (unpaired) electrons. The Balaban J connectivity index is 1.52. The summed E-state index contributed by atoms with van der Waals surface area (Å²) in [6, 6.07) is 10.7. The van der Waals surface area contributed by atoms with Gasteiger partial charge in [-0.3, -0.25) is 9.78 Å². The Bertz CT molecular complexity index is 1030. The minimum atomic E-state index is -0.441. The van der Waals surface area contributed by atoms with Gasteiger partial charge in [0.15, 0.2) is 0 Å². The fraction of sp³-hybridized carbons (Fsp3) is 0.211. The van der Waals surface area contributed by atoms with E-state index in [-0.39, 0.29) is 10.8 Å². The van der Waals surface area contributed by atoms with Crippen LogP contribution in [0.25, 0.3) is 0 Å². The van der Waals surface area contributed by atoms with Crippen molar-refractivity contribution in [3.8, 4) is 11.6 Å². The molecule has 0 amide bonds.